The minimum Gasteiger partial charge on any atom is -0.303 e. The Labute approximate surface area is 148 Å². The van der Waals surface area contributed by atoms with Crippen LogP contribution in [0.1, 0.15) is 66.0 Å². The zero-order valence-electron chi connectivity index (χ0n) is 16.5. The maximum absolute atomic E-state index is 4.65. The van der Waals surface area contributed by atoms with Gasteiger partial charge in [0.1, 0.15) is 0 Å². The third-order valence-electron chi connectivity index (χ3n) is 5.82. The molecule has 0 bridgehead atoms. The highest BCUT2D eigenvalue weighted by molar-refractivity contribution is 5.15. The smallest absolute Gasteiger partial charge is 0.0543 e. The zero-order chi connectivity index (χ0) is 17.5. The van der Waals surface area contributed by atoms with Crippen LogP contribution < -0.4 is 0 Å². The van der Waals surface area contributed by atoms with Crippen LogP contribution in [0.15, 0.2) is 12.4 Å². The monoisotopic (exact) mass is 332 g/mol. The first kappa shape index (κ1) is 17.9. The van der Waals surface area contributed by atoms with Gasteiger partial charge in [-0.15, -0.1) is 0 Å². The van der Waals surface area contributed by atoms with Crippen LogP contribution >= 0.6 is 0 Å². The lowest BCUT2D eigenvalue weighted by Crippen LogP contribution is -2.58. The molecule has 0 aliphatic carbocycles. The highest BCUT2D eigenvalue weighted by Gasteiger charge is 2.35. The fourth-order valence-electron chi connectivity index (χ4n) is 3.89. The summed E-state index contributed by atoms with van der Waals surface area (Å²) < 4.78 is 2.22. The molecule has 4 heteroatoms. The summed E-state index contributed by atoms with van der Waals surface area (Å²) in [6, 6.07) is 0.588. The highest BCUT2D eigenvalue weighted by Crippen LogP contribution is 2.29. The Morgan fingerprint density at radius 2 is 1.67 bits per heavy atom. The predicted octanol–water partition coefficient (Wildman–Crippen LogP) is 3.55. The number of hydrogen-bond acceptors (Lipinski definition) is 3. The second-order valence-electron chi connectivity index (χ2n) is 9.93. The van der Waals surface area contributed by atoms with E-state index in [2.05, 4.69) is 73.5 Å². The largest absolute Gasteiger partial charge is 0.303 e. The van der Waals surface area contributed by atoms with Gasteiger partial charge in [-0.2, -0.15) is 5.10 Å². The lowest BCUT2D eigenvalue weighted by Gasteiger charge is -2.49. The molecular formula is C20H36N4. The summed E-state index contributed by atoms with van der Waals surface area (Å²) in [7, 11) is 0. The molecule has 1 aromatic rings. The fourth-order valence-corrected chi connectivity index (χ4v) is 3.89. The molecule has 4 nitrogen and oxygen atoms in total. The van der Waals surface area contributed by atoms with Crippen molar-refractivity contribution >= 4 is 0 Å². The maximum atomic E-state index is 4.65. The molecule has 3 heterocycles. The summed E-state index contributed by atoms with van der Waals surface area (Å²) in [4.78, 5) is 5.28. The average molecular weight is 333 g/mol. The topological polar surface area (TPSA) is 24.3 Å². The normalized spacial score (nSPS) is 22.8. The molecule has 2 fully saturated rings. The molecule has 0 unspecified atom stereocenters. The van der Waals surface area contributed by atoms with Crippen LogP contribution in [0.5, 0.6) is 0 Å². The molecule has 136 valence electrons. The van der Waals surface area contributed by atoms with E-state index >= 15 is 0 Å². The van der Waals surface area contributed by atoms with E-state index in [1.54, 1.807) is 0 Å². The summed E-state index contributed by atoms with van der Waals surface area (Å²) in [5, 5.41) is 4.65. The number of rotatable bonds is 3. The van der Waals surface area contributed by atoms with Gasteiger partial charge in [0.2, 0.25) is 0 Å². The van der Waals surface area contributed by atoms with Gasteiger partial charge >= 0.3 is 0 Å². The van der Waals surface area contributed by atoms with Crippen LogP contribution in [0, 0.1) is 5.92 Å². The van der Waals surface area contributed by atoms with Gasteiger partial charge in [-0.25, -0.2) is 0 Å². The molecule has 3 rings (SSSR count). The Bertz CT molecular complexity index is 535. The number of aromatic nitrogens is 2. The Morgan fingerprint density at radius 3 is 2.17 bits per heavy atom. The highest BCUT2D eigenvalue weighted by atomic mass is 15.3. The van der Waals surface area contributed by atoms with E-state index in [1.165, 1.54) is 51.1 Å². The van der Waals surface area contributed by atoms with E-state index in [-0.39, 0.29) is 5.41 Å². The SMILES string of the molecule is CC(C)(C)c1cnn(C2CCN(CC3CN(C(C)(C)C)C3)CC2)c1. The van der Waals surface area contributed by atoms with Crippen molar-refractivity contribution in [3.8, 4) is 0 Å². The predicted molar refractivity (Wildman–Crippen MR) is 100 cm³/mol. The Kier molecular flexibility index (Phi) is 4.82. The number of piperidine rings is 1. The zero-order valence-corrected chi connectivity index (χ0v) is 16.5. The Balaban J connectivity index is 1.44. The van der Waals surface area contributed by atoms with Crippen molar-refractivity contribution in [2.24, 2.45) is 5.92 Å². The number of hydrogen-bond donors (Lipinski definition) is 0. The molecule has 0 saturated carbocycles. The van der Waals surface area contributed by atoms with Gasteiger partial charge < -0.3 is 4.90 Å². The summed E-state index contributed by atoms with van der Waals surface area (Å²) in [6.45, 7) is 20.0. The minimum atomic E-state index is 0.197. The van der Waals surface area contributed by atoms with E-state index in [0.29, 0.717) is 11.6 Å². The van der Waals surface area contributed by atoms with Crippen molar-refractivity contribution in [2.45, 2.75) is 71.4 Å². The molecule has 0 spiro atoms. The first-order chi connectivity index (χ1) is 11.1. The van der Waals surface area contributed by atoms with Crippen molar-refractivity contribution in [3.63, 3.8) is 0 Å². The second-order valence-corrected chi connectivity index (χ2v) is 9.93. The first-order valence-corrected chi connectivity index (χ1v) is 9.65. The molecule has 2 aliphatic heterocycles. The minimum absolute atomic E-state index is 0.197. The van der Waals surface area contributed by atoms with Crippen LogP contribution in [0.2, 0.25) is 0 Å². The van der Waals surface area contributed by atoms with Crippen molar-refractivity contribution in [1.82, 2.24) is 19.6 Å². The van der Waals surface area contributed by atoms with Crippen LogP contribution in [0.25, 0.3) is 0 Å². The van der Waals surface area contributed by atoms with E-state index in [4.69, 9.17) is 0 Å². The van der Waals surface area contributed by atoms with Crippen molar-refractivity contribution in [1.29, 1.82) is 0 Å². The van der Waals surface area contributed by atoms with Crippen molar-refractivity contribution in [3.05, 3.63) is 18.0 Å². The molecular weight excluding hydrogens is 296 g/mol. The molecule has 2 saturated heterocycles. The molecule has 0 atom stereocenters. The van der Waals surface area contributed by atoms with Gasteiger partial charge in [-0.05, 0) is 50.5 Å². The van der Waals surface area contributed by atoms with Crippen molar-refractivity contribution < 1.29 is 0 Å². The Morgan fingerprint density at radius 1 is 1.04 bits per heavy atom. The first-order valence-electron chi connectivity index (χ1n) is 9.65. The van der Waals surface area contributed by atoms with E-state index < -0.39 is 0 Å². The summed E-state index contributed by atoms with van der Waals surface area (Å²) >= 11 is 0. The van der Waals surface area contributed by atoms with Gasteiger partial charge in [0, 0.05) is 44.5 Å². The average Bonchev–Trinajstić information content (AvgIpc) is 2.91. The standard InChI is InChI=1S/C20H36N4/c1-19(2,3)17-11-21-24(15-17)18-7-9-22(10-8-18)12-16-13-23(14-16)20(4,5)6/h11,15-16,18H,7-10,12-14H2,1-6H3. The number of nitrogens with zero attached hydrogens (tertiary/aromatic N) is 4. The van der Waals surface area contributed by atoms with Crippen LogP contribution in [-0.4, -0.2) is 57.8 Å². The van der Waals surface area contributed by atoms with Gasteiger partial charge in [0.05, 0.1) is 12.2 Å². The lowest BCUT2D eigenvalue weighted by atomic mass is 9.90. The molecule has 0 N–H and O–H groups in total. The summed E-state index contributed by atoms with van der Waals surface area (Å²) in [6.07, 6.45) is 6.80. The number of likely N-dealkylation sites (tertiary alicyclic amines) is 2. The summed E-state index contributed by atoms with van der Waals surface area (Å²) in [5.74, 6) is 0.873. The van der Waals surface area contributed by atoms with Gasteiger partial charge in [0.25, 0.3) is 0 Å². The fraction of sp³-hybridized carbons (Fsp3) is 0.850. The third kappa shape index (κ3) is 4.02. The van der Waals surface area contributed by atoms with Gasteiger partial charge in [0.15, 0.2) is 0 Å². The molecule has 2 aliphatic rings. The molecule has 0 aromatic carbocycles. The van der Waals surface area contributed by atoms with E-state index in [0.717, 1.165) is 5.92 Å². The van der Waals surface area contributed by atoms with Crippen LogP contribution in [0.3, 0.4) is 0 Å². The van der Waals surface area contributed by atoms with E-state index in [1.807, 2.05) is 0 Å². The maximum Gasteiger partial charge on any atom is 0.0543 e. The molecule has 1 aromatic heterocycles. The summed E-state index contributed by atoms with van der Waals surface area (Å²) in [5.41, 5.74) is 1.89. The molecule has 0 radical (unpaired) electrons. The lowest BCUT2D eigenvalue weighted by molar-refractivity contribution is -0.00620. The quantitative estimate of drug-likeness (QED) is 0.846. The van der Waals surface area contributed by atoms with Crippen molar-refractivity contribution in [2.75, 3.05) is 32.7 Å². The Hall–Kier alpha value is -0.870. The van der Waals surface area contributed by atoms with Gasteiger partial charge in [-0.3, -0.25) is 9.58 Å². The van der Waals surface area contributed by atoms with Crippen LogP contribution in [0.4, 0.5) is 0 Å². The van der Waals surface area contributed by atoms with E-state index in [9.17, 15) is 0 Å². The van der Waals surface area contributed by atoms with Crippen LogP contribution in [-0.2, 0) is 5.41 Å². The van der Waals surface area contributed by atoms with Gasteiger partial charge in [-0.1, -0.05) is 20.8 Å². The second kappa shape index (κ2) is 6.45. The third-order valence-corrected chi connectivity index (χ3v) is 5.82. The molecule has 0 amide bonds. The molecule has 24 heavy (non-hydrogen) atoms.